The van der Waals surface area contributed by atoms with Gasteiger partial charge in [-0.25, -0.2) is 0 Å². The van der Waals surface area contributed by atoms with Crippen LogP contribution in [0.5, 0.6) is 11.5 Å². The molecule has 5 nitrogen and oxygen atoms in total. The van der Waals surface area contributed by atoms with Crippen molar-refractivity contribution in [1.29, 1.82) is 0 Å². The van der Waals surface area contributed by atoms with Gasteiger partial charge in [0.25, 0.3) is 11.1 Å². The van der Waals surface area contributed by atoms with Gasteiger partial charge in [-0.3, -0.25) is 14.5 Å². The molecule has 1 fully saturated rings. The minimum absolute atomic E-state index is 0.214. The summed E-state index contributed by atoms with van der Waals surface area (Å²) in [6.45, 7) is 2.38. The highest BCUT2D eigenvalue weighted by molar-refractivity contribution is 8.18. The molecule has 0 spiro atoms. The topological polar surface area (TPSA) is 55.8 Å². The van der Waals surface area contributed by atoms with E-state index in [-0.39, 0.29) is 11.1 Å². The zero-order chi connectivity index (χ0) is 15.4. The van der Waals surface area contributed by atoms with Crippen LogP contribution in [0, 0.1) is 0 Å². The summed E-state index contributed by atoms with van der Waals surface area (Å²) in [5.41, 5.74) is 0.787. The maximum absolute atomic E-state index is 12.1. The van der Waals surface area contributed by atoms with E-state index in [9.17, 15) is 9.59 Å². The molecule has 1 saturated heterocycles. The van der Waals surface area contributed by atoms with Crippen molar-refractivity contribution in [3.05, 3.63) is 28.7 Å². The van der Waals surface area contributed by atoms with Gasteiger partial charge in [0.15, 0.2) is 11.5 Å². The van der Waals surface area contributed by atoms with Gasteiger partial charge >= 0.3 is 0 Å². The molecule has 0 saturated carbocycles. The number of thioether (sulfide) groups is 1. The van der Waals surface area contributed by atoms with E-state index < -0.39 is 0 Å². The Hall–Kier alpha value is -1.95. The van der Waals surface area contributed by atoms with Crippen molar-refractivity contribution in [2.75, 3.05) is 20.8 Å². The molecule has 0 radical (unpaired) electrons. The fourth-order valence-corrected chi connectivity index (χ4v) is 2.88. The zero-order valence-electron chi connectivity index (χ0n) is 12.2. The van der Waals surface area contributed by atoms with Crippen LogP contribution in [0.4, 0.5) is 4.79 Å². The summed E-state index contributed by atoms with van der Waals surface area (Å²) in [6, 6.07) is 5.35. The highest BCUT2D eigenvalue weighted by atomic mass is 32.2. The lowest BCUT2D eigenvalue weighted by Crippen LogP contribution is -2.28. The molecule has 0 unspecified atom stereocenters. The Morgan fingerprint density at radius 1 is 1.19 bits per heavy atom. The highest BCUT2D eigenvalue weighted by Gasteiger charge is 2.34. The molecule has 0 atom stereocenters. The van der Waals surface area contributed by atoms with Crippen molar-refractivity contribution < 1.29 is 19.1 Å². The van der Waals surface area contributed by atoms with E-state index in [1.54, 1.807) is 32.4 Å². The standard InChI is InChI=1S/C15H17NO4S/c1-4-7-16-14(17)13(21-15(16)18)9-10-5-6-11(19-2)12(8-10)20-3/h5-6,8-9H,4,7H2,1-3H3/b13-9-. The summed E-state index contributed by atoms with van der Waals surface area (Å²) >= 11 is 0.966. The van der Waals surface area contributed by atoms with Crippen LogP contribution < -0.4 is 9.47 Å². The summed E-state index contributed by atoms with van der Waals surface area (Å²) in [4.78, 5) is 25.6. The van der Waals surface area contributed by atoms with Gasteiger partial charge in [-0.15, -0.1) is 0 Å². The molecule has 1 aromatic carbocycles. The van der Waals surface area contributed by atoms with E-state index in [1.807, 2.05) is 13.0 Å². The van der Waals surface area contributed by atoms with Gasteiger partial charge in [-0.1, -0.05) is 13.0 Å². The van der Waals surface area contributed by atoms with Gasteiger partial charge in [0.2, 0.25) is 0 Å². The molecule has 1 aliphatic heterocycles. The second kappa shape index (κ2) is 6.67. The minimum atomic E-state index is -0.235. The minimum Gasteiger partial charge on any atom is -0.493 e. The van der Waals surface area contributed by atoms with Crippen molar-refractivity contribution in [2.24, 2.45) is 0 Å². The van der Waals surface area contributed by atoms with Crippen LogP contribution in [0.25, 0.3) is 6.08 Å². The van der Waals surface area contributed by atoms with Crippen LogP contribution in [0.1, 0.15) is 18.9 Å². The third kappa shape index (κ3) is 3.21. The van der Waals surface area contributed by atoms with Crippen LogP contribution in [0.2, 0.25) is 0 Å². The van der Waals surface area contributed by atoms with Gasteiger partial charge in [-0.05, 0) is 42.0 Å². The number of benzene rings is 1. The van der Waals surface area contributed by atoms with E-state index in [0.717, 1.165) is 23.7 Å². The third-order valence-corrected chi connectivity index (χ3v) is 3.93. The Labute approximate surface area is 127 Å². The average molecular weight is 307 g/mol. The number of carbonyl (C=O) groups is 2. The second-order valence-corrected chi connectivity index (χ2v) is 5.44. The van der Waals surface area contributed by atoms with Crippen LogP contribution in [-0.4, -0.2) is 36.8 Å². The molecule has 1 heterocycles. The molecular weight excluding hydrogens is 290 g/mol. The molecular formula is C15H17NO4S. The first-order valence-corrected chi connectivity index (χ1v) is 7.39. The number of ether oxygens (including phenoxy) is 2. The van der Waals surface area contributed by atoms with Crippen molar-refractivity contribution in [3.63, 3.8) is 0 Å². The molecule has 6 heteroatoms. The predicted octanol–water partition coefficient (Wildman–Crippen LogP) is 3.15. The molecule has 0 aromatic heterocycles. The fraction of sp³-hybridized carbons (Fsp3) is 0.333. The fourth-order valence-electron chi connectivity index (χ4n) is 2.01. The van der Waals surface area contributed by atoms with Crippen molar-refractivity contribution in [2.45, 2.75) is 13.3 Å². The molecule has 1 aromatic rings. The van der Waals surface area contributed by atoms with E-state index in [1.165, 1.54) is 4.90 Å². The number of amides is 2. The Morgan fingerprint density at radius 3 is 2.52 bits per heavy atom. The van der Waals surface area contributed by atoms with E-state index in [0.29, 0.717) is 22.9 Å². The van der Waals surface area contributed by atoms with Gasteiger partial charge in [-0.2, -0.15) is 0 Å². The lowest BCUT2D eigenvalue weighted by atomic mass is 10.2. The molecule has 1 aliphatic rings. The summed E-state index contributed by atoms with van der Waals surface area (Å²) in [5.74, 6) is 0.967. The van der Waals surface area contributed by atoms with Crippen LogP contribution in [0.15, 0.2) is 23.1 Å². The van der Waals surface area contributed by atoms with Crippen molar-refractivity contribution >= 4 is 29.0 Å². The lowest BCUT2D eigenvalue weighted by molar-refractivity contribution is -0.122. The number of imide groups is 1. The summed E-state index contributed by atoms with van der Waals surface area (Å²) in [5, 5.41) is -0.214. The largest absolute Gasteiger partial charge is 0.493 e. The number of hydrogen-bond donors (Lipinski definition) is 0. The van der Waals surface area contributed by atoms with Crippen LogP contribution in [0.3, 0.4) is 0 Å². The van der Waals surface area contributed by atoms with E-state index in [4.69, 9.17) is 9.47 Å². The predicted molar refractivity (Wildman–Crippen MR) is 82.5 cm³/mol. The zero-order valence-corrected chi connectivity index (χ0v) is 13.0. The number of hydrogen-bond acceptors (Lipinski definition) is 5. The summed E-state index contributed by atoms with van der Waals surface area (Å²) < 4.78 is 10.4. The molecule has 0 aliphatic carbocycles. The smallest absolute Gasteiger partial charge is 0.293 e. The van der Waals surface area contributed by atoms with E-state index in [2.05, 4.69) is 0 Å². The first-order chi connectivity index (χ1) is 10.1. The molecule has 21 heavy (non-hydrogen) atoms. The molecule has 0 N–H and O–H groups in total. The Balaban J connectivity index is 2.28. The second-order valence-electron chi connectivity index (χ2n) is 4.45. The molecule has 2 rings (SSSR count). The summed E-state index contributed by atoms with van der Waals surface area (Å²) in [6.07, 6.45) is 2.45. The van der Waals surface area contributed by atoms with Gasteiger partial charge in [0, 0.05) is 6.54 Å². The number of rotatable bonds is 5. The number of methoxy groups -OCH3 is 2. The van der Waals surface area contributed by atoms with Gasteiger partial charge in [0.05, 0.1) is 19.1 Å². The number of carbonyl (C=O) groups excluding carboxylic acids is 2. The van der Waals surface area contributed by atoms with Gasteiger partial charge < -0.3 is 9.47 Å². The maximum Gasteiger partial charge on any atom is 0.293 e. The van der Waals surface area contributed by atoms with E-state index >= 15 is 0 Å². The Kier molecular flexibility index (Phi) is 4.90. The Morgan fingerprint density at radius 2 is 1.90 bits per heavy atom. The monoisotopic (exact) mass is 307 g/mol. The normalized spacial score (nSPS) is 16.7. The maximum atomic E-state index is 12.1. The summed E-state index contributed by atoms with van der Waals surface area (Å²) in [7, 11) is 3.12. The lowest BCUT2D eigenvalue weighted by Gasteiger charge is -2.10. The van der Waals surface area contributed by atoms with Crippen molar-refractivity contribution in [3.8, 4) is 11.5 Å². The van der Waals surface area contributed by atoms with Crippen LogP contribution in [-0.2, 0) is 4.79 Å². The third-order valence-electron chi connectivity index (χ3n) is 3.03. The Bertz CT molecular complexity index is 597. The van der Waals surface area contributed by atoms with Gasteiger partial charge in [0.1, 0.15) is 0 Å². The highest BCUT2D eigenvalue weighted by Crippen LogP contribution is 2.34. The SMILES string of the molecule is CCCN1C(=O)S/C(=C\c2ccc(OC)c(OC)c2)C1=O. The molecule has 2 amide bonds. The molecule has 112 valence electrons. The van der Waals surface area contributed by atoms with Crippen molar-refractivity contribution in [1.82, 2.24) is 4.90 Å². The average Bonchev–Trinajstić information content (AvgIpc) is 2.75. The van der Waals surface area contributed by atoms with Crippen LogP contribution >= 0.6 is 11.8 Å². The first kappa shape index (κ1) is 15.4. The number of nitrogens with zero attached hydrogens (tertiary/aromatic N) is 1. The first-order valence-electron chi connectivity index (χ1n) is 6.58. The quantitative estimate of drug-likeness (QED) is 0.782. The molecule has 0 bridgehead atoms.